The quantitative estimate of drug-likeness (QED) is 0.584. The maximum absolute atomic E-state index is 12.9. The van der Waals surface area contributed by atoms with Gasteiger partial charge in [0, 0.05) is 17.8 Å². The highest BCUT2D eigenvalue weighted by Crippen LogP contribution is 2.65. The molecule has 0 aliphatic heterocycles. The number of nitrogens with zero attached hydrogens (tertiary/aromatic N) is 1. The lowest BCUT2D eigenvalue weighted by atomic mass is 9.48. The van der Waals surface area contributed by atoms with Crippen LogP contribution in [0, 0.1) is 17.3 Å². The lowest BCUT2D eigenvalue weighted by molar-refractivity contribution is -0.137. The largest absolute Gasteiger partial charge is 0.497 e. The summed E-state index contributed by atoms with van der Waals surface area (Å²) in [7, 11) is 3.56. The molecular formula is C22H30BrNO3. The third kappa shape index (κ3) is 4.13. The minimum Gasteiger partial charge on any atom is -0.497 e. The number of halogens is 1. The molecule has 27 heavy (non-hydrogen) atoms. The van der Waals surface area contributed by atoms with Crippen molar-refractivity contribution in [2.75, 3.05) is 27.3 Å². The Kier molecular flexibility index (Phi) is 5.17. The Balaban J connectivity index is 1.28. The molecule has 5 rings (SSSR count). The molecule has 0 spiro atoms. The molecule has 5 heteroatoms. The molecule has 2 unspecified atom stereocenters. The molecule has 0 radical (unpaired) electrons. The van der Waals surface area contributed by atoms with E-state index in [9.17, 15) is 4.79 Å². The Hall–Kier alpha value is -1.23. The van der Waals surface area contributed by atoms with E-state index in [0.29, 0.717) is 23.9 Å². The van der Waals surface area contributed by atoms with Gasteiger partial charge in [-0.1, -0.05) is 15.9 Å². The predicted octanol–water partition coefficient (Wildman–Crippen LogP) is 4.66. The maximum Gasteiger partial charge on any atom is 0.222 e. The van der Waals surface area contributed by atoms with E-state index in [-0.39, 0.29) is 11.3 Å². The Labute approximate surface area is 170 Å². The summed E-state index contributed by atoms with van der Waals surface area (Å²) in [6, 6.07) is 7.55. The van der Waals surface area contributed by atoms with Gasteiger partial charge >= 0.3 is 0 Å². The average molecular weight is 436 g/mol. The van der Waals surface area contributed by atoms with Crippen LogP contribution in [0.25, 0.3) is 0 Å². The Morgan fingerprint density at radius 1 is 1.15 bits per heavy atom. The standard InChI is InChI=1S/C22H30BrNO3/c1-24(7-8-27-19-5-3-18(26-2)4-6-19)20(25)14-21-10-16-9-17(11-21)13-22(23,12-16)15-21/h3-6,16-17H,7-15H2,1-2H3. The third-order valence-electron chi connectivity index (χ3n) is 6.82. The molecule has 1 aromatic carbocycles. The molecule has 1 amide bonds. The average Bonchev–Trinajstić information content (AvgIpc) is 2.59. The lowest BCUT2D eigenvalue weighted by Crippen LogP contribution is -2.54. The van der Waals surface area contributed by atoms with Gasteiger partial charge in [-0.15, -0.1) is 0 Å². The van der Waals surface area contributed by atoms with Crippen LogP contribution in [0.4, 0.5) is 0 Å². The van der Waals surface area contributed by atoms with Gasteiger partial charge in [0.2, 0.25) is 5.91 Å². The van der Waals surface area contributed by atoms with Gasteiger partial charge in [-0.3, -0.25) is 4.79 Å². The number of methoxy groups -OCH3 is 1. The summed E-state index contributed by atoms with van der Waals surface area (Å²) in [4.78, 5) is 14.7. The Morgan fingerprint density at radius 3 is 2.37 bits per heavy atom. The first-order chi connectivity index (χ1) is 12.9. The van der Waals surface area contributed by atoms with Gasteiger partial charge in [0.05, 0.1) is 13.7 Å². The molecule has 4 fully saturated rings. The lowest BCUT2D eigenvalue weighted by Gasteiger charge is -2.60. The van der Waals surface area contributed by atoms with E-state index < -0.39 is 0 Å². The van der Waals surface area contributed by atoms with Crippen molar-refractivity contribution in [2.45, 2.75) is 49.3 Å². The van der Waals surface area contributed by atoms with Gasteiger partial charge in [-0.05, 0) is 80.0 Å². The molecule has 0 heterocycles. The monoisotopic (exact) mass is 435 g/mol. The summed E-state index contributed by atoms with van der Waals surface area (Å²) in [5.41, 5.74) is 0.232. The van der Waals surface area contributed by atoms with Crippen molar-refractivity contribution in [2.24, 2.45) is 17.3 Å². The molecule has 1 aromatic rings. The molecule has 4 bridgehead atoms. The van der Waals surface area contributed by atoms with Crippen LogP contribution in [0.5, 0.6) is 11.5 Å². The van der Waals surface area contributed by atoms with Crippen LogP contribution < -0.4 is 9.47 Å². The van der Waals surface area contributed by atoms with E-state index in [1.54, 1.807) is 7.11 Å². The van der Waals surface area contributed by atoms with E-state index >= 15 is 0 Å². The van der Waals surface area contributed by atoms with Crippen molar-refractivity contribution in [3.63, 3.8) is 0 Å². The summed E-state index contributed by atoms with van der Waals surface area (Å²) in [5, 5.41) is 0. The zero-order chi connectivity index (χ0) is 19.1. The number of alkyl halides is 1. The van der Waals surface area contributed by atoms with E-state index in [2.05, 4.69) is 15.9 Å². The number of likely N-dealkylation sites (N-methyl/N-ethyl adjacent to an activating group) is 1. The van der Waals surface area contributed by atoms with Gasteiger partial charge in [-0.25, -0.2) is 0 Å². The van der Waals surface area contributed by atoms with Crippen molar-refractivity contribution < 1.29 is 14.3 Å². The van der Waals surface area contributed by atoms with Gasteiger partial charge in [-0.2, -0.15) is 0 Å². The number of carbonyl (C=O) groups excluding carboxylic acids is 1. The number of amides is 1. The number of hydrogen-bond acceptors (Lipinski definition) is 3. The summed E-state index contributed by atoms with van der Waals surface area (Å²) in [6.07, 6.45) is 8.38. The minimum absolute atomic E-state index is 0.232. The first-order valence-corrected chi connectivity index (χ1v) is 10.9. The van der Waals surface area contributed by atoms with E-state index in [1.165, 1.54) is 38.5 Å². The van der Waals surface area contributed by atoms with Crippen LogP contribution in [-0.2, 0) is 4.79 Å². The highest BCUT2D eigenvalue weighted by molar-refractivity contribution is 9.10. The van der Waals surface area contributed by atoms with E-state index in [4.69, 9.17) is 9.47 Å². The van der Waals surface area contributed by atoms with Crippen LogP contribution in [0.2, 0.25) is 0 Å². The number of hydrogen-bond donors (Lipinski definition) is 0. The fraction of sp³-hybridized carbons (Fsp3) is 0.682. The topological polar surface area (TPSA) is 38.8 Å². The second kappa shape index (κ2) is 7.31. The second-order valence-corrected chi connectivity index (χ2v) is 10.8. The fourth-order valence-corrected chi connectivity index (χ4v) is 7.61. The Morgan fingerprint density at radius 2 is 1.78 bits per heavy atom. The molecule has 4 saturated carbocycles. The normalized spacial score (nSPS) is 33.7. The third-order valence-corrected chi connectivity index (χ3v) is 7.75. The first-order valence-electron chi connectivity index (χ1n) is 10.1. The summed E-state index contributed by atoms with van der Waals surface area (Å²) >= 11 is 4.04. The van der Waals surface area contributed by atoms with Crippen LogP contribution in [0.3, 0.4) is 0 Å². The number of rotatable bonds is 7. The molecule has 4 aliphatic rings. The van der Waals surface area contributed by atoms with Crippen LogP contribution in [0.15, 0.2) is 24.3 Å². The van der Waals surface area contributed by atoms with Gasteiger partial charge < -0.3 is 14.4 Å². The molecule has 4 nitrogen and oxygen atoms in total. The van der Waals surface area contributed by atoms with Crippen molar-refractivity contribution in [1.29, 1.82) is 0 Å². The predicted molar refractivity (Wildman–Crippen MR) is 110 cm³/mol. The number of ether oxygens (including phenoxy) is 2. The van der Waals surface area contributed by atoms with E-state index in [1.807, 2.05) is 36.2 Å². The molecule has 0 saturated heterocycles. The SMILES string of the molecule is COc1ccc(OCCN(C)C(=O)CC23CC4CC(CC(Br)(C4)C2)C3)cc1. The van der Waals surface area contributed by atoms with Crippen molar-refractivity contribution in [3.05, 3.63) is 24.3 Å². The zero-order valence-electron chi connectivity index (χ0n) is 16.4. The van der Waals surface area contributed by atoms with Crippen LogP contribution >= 0.6 is 15.9 Å². The van der Waals surface area contributed by atoms with E-state index in [0.717, 1.165) is 23.3 Å². The summed E-state index contributed by atoms with van der Waals surface area (Å²) in [5.74, 6) is 3.53. The van der Waals surface area contributed by atoms with Gasteiger partial charge in [0.15, 0.2) is 0 Å². The summed E-state index contributed by atoms with van der Waals surface area (Å²) in [6.45, 7) is 1.13. The second-order valence-electron chi connectivity index (χ2n) is 9.13. The number of benzene rings is 1. The summed E-state index contributed by atoms with van der Waals surface area (Å²) < 4.78 is 11.2. The van der Waals surface area contributed by atoms with Crippen LogP contribution in [0.1, 0.15) is 44.9 Å². The molecule has 0 N–H and O–H groups in total. The molecule has 0 aromatic heterocycles. The molecule has 2 atom stereocenters. The highest BCUT2D eigenvalue weighted by atomic mass is 79.9. The van der Waals surface area contributed by atoms with Crippen molar-refractivity contribution >= 4 is 21.8 Å². The molecule has 148 valence electrons. The fourth-order valence-electron chi connectivity index (χ4n) is 6.10. The first kappa shape index (κ1) is 19.1. The molecular weight excluding hydrogens is 406 g/mol. The van der Waals surface area contributed by atoms with Crippen molar-refractivity contribution in [1.82, 2.24) is 4.90 Å². The van der Waals surface area contributed by atoms with Gasteiger partial charge in [0.1, 0.15) is 18.1 Å². The minimum atomic E-state index is 0.232. The van der Waals surface area contributed by atoms with Gasteiger partial charge in [0.25, 0.3) is 0 Å². The van der Waals surface area contributed by atoms with Crippen LogP contribution in [-0.4, -0.2) is 42.4 Å². The molecule has 4 aliphatic carbocycles. The highest BCUT2D eigenvalue weighted by Gasteiger charge is 2.57. The zero-order valence-corrected chi connectivity index (χ0v) is 18.0. The van der Waals surface area contributed by atoms with Crippen molar-refractivity contribution in [3.8, 4) is 11.5 Å². The number of carbonyl (C=O) groups is 1. The smallest absolute Gasteiger partial charge is 0.222 e. The maximum atomic E-state index is 12.9. The Bertz CT molecular complexity index is 675.